The van der Waals surface area contributed by atoms with Crippen LogP contribution >= 0.6 is 0 Å². The molecule has 1 heterocycles. The van der Waals surface area contributed by atoms with Gasteiger partial charge in [0.1, 0.15) is 0 Å². The zero-order valence-corrected chi connectivity index (χ0v) is 12.6. The van der Waals surface area contributed by atoms with Gasteiger partial charge in [-0.05, 0) is 20.3 Å². The molecule has 1 amide bonds. The fourth-order valence-electron chi connectivity index (χ4n) is 2.35. The van der Waals surface area contributed by atoms with Gasteiger partial charge in [0.2, 0.25) is 5.91 Å². The molecular weight excluding hydrogens is 262 g/mol. The average molecular weight is 287 g/mol. The first-order valence-electron chi connectivity index (χ1n) is 7.21. The van der Waals surface area contributed by atoms with Crippen molar-refractivity contribution in [3.63, 3.8) is 0 Å². The number of nitrogens with zero attached hydrogens (tertiary/aromatic N) is 1. The molecule has 1 aliphatic rings. The van der Waals surface area contributed by atoms with Crippen molar-refractivity contribution in [2.45, 2.75) is 39.4 Å². The van der Waals surface area contributed by atoms with E-state index in [1.165, 1.54) is 7.11 Å². The van der Waals surface area contributed by atoms with Crippen LogP contribution in [0, 0.1) is 5.92 Å². The summed E-state index contributed by atoms with van der Waals surface area (Å²) < 4.78 is 15.6. The van der Waals surface area contributed by atoms with Gasteiger partial charge in [-0.25, -0.2) is 0 Å². The Morgan fingerprint density at radius 1 is 1.35 bits per heavy atom. The summed E-state index contributed by atoms with van der Waals surface area (Å²) in [5.74, 6) is -0.603. The van der Waals surface area contributed by atoms with Gasteiger partial charge in [0.15, 0.2) is 6.29 Å². The molecule has 1 saturated heterocycles. The number of carbonyl (C=O) groups is 2. The Bertz CT molecular complexity index is 315. The van der Waals surface area contributed by atoms with Gasteiger partial charge in [0, 0.05) is 39.1 Å². The highest BCUT2D eigenvalue weighted by Gasteiger charge is 2.34. The molecule has 0 aromatic carbocycles. The van der Waals surface area contributed by atoms with E-state index in [1.54, 1.807) is 4.90 Å². The molecule has 0 spiro atoms. The molecule has 116 valence electrons. The van der Waals surface area contributed by atoms with Crippen LogP contribution in [0.15, 0.2) is 0 Å². The van der Waals surface area contributed by atoms with Gasteiger partial charge in [-0.3, -0.25) is 9.59 Å². The molecule has 0 N–H and O–H groups in total. The van der Waals surface area contributed by atoms with Gasteiger partial charge >= 0.3 is 5.97 Å². The lowest BCUT2D eigenvalue weighted by Gasteiger charge is -2.20. The van der Waals surface area contributed by atoms with Crippen molar-refractivity contribution in [3.8, 4) is 0 Å². The topological polar surface area (TPSA) is 65.1 Å². The Labute approximate surface area is 120 Å². The summed E-state index contributed by atoms with van der Waals surface area (Å²) in [4.78, 5) is 24.9. The molecule has 20 heavy (non-hydrogen) atoms. The first kappa shape index (κ1) is 16.9. The van der Waals surface area contributed by atoms with Gasteiger partial charge in [-0.2, -0.15) is 0 Å². The maximum absolute atomic E-state index is 11.8. The molecule has 0 aromatic heterocycles. The standard InChI is InChI=1S/C14H25NO5/c1-4-19-13(20-5-2)7-6-8-15-10-11(9-12(15)16)14(17)18-3/h11,13H,4-10H2,1-3H3. The average Bonchev–Trinajstić information content (AvgIpc) is 2.80. The normalized spacial score (nSPS) is 18.9. The maximum atomic E-state index is 11.8. The molecule has 0 aliphatic carbocycles. The molecule has 1 unspecified atom stereocenters. The summed E-state index contributed by atoms with van der Waals surface area (Å²) in [6.07, 6.45) is 1.59. The second-order valence-electron chi connectivity index (χ2n) is 4.75. The largest absolute Gasteiger partial charge is 0.469 e. The molecule has 0 saturated carbocycles. The SMILES string of the molecule is CCOC(CCCN1CC(C(=O)OC)CC1=O)OCC. The number of ether oxygens (including phenoxy) is 3. The minimum absolute atomic E-state index is 0.0183. The summed E-state index contributed by atoms with van der Waals surface area (Å²) in [7, 11) is 1.35. The fraction of sp³-hybridized carbons (Fsp3) is 0.857. The van der Waals surface area contributed by atoms with Crippen molar-refractivity contribution in [1.29, 1.82) is 0 Å². The van der Waals surface area contributed by atoms with Crippen molar-refractivity contribution in [2.75, 3.05) is 33.4 Å². The molecule has 0 radical (unpaired) electrons. The van der Waals surface area contributed by atoms with Gasteiger partial charge in [0.25, 0.3) is 0 Å². The highest BCUT2D eigenvalue weighted by Crippen LogP contribution is 2.19. The lowest BCUT2D eigenvalue weighted by molar-refractivity contribution is -0.145. The van der Waals surface area contributed by atoms with Crippen LogP contribution in [0.4, 0.5) is 0 Å². The van der Waals surface area contributed by atoms with Crippen LogP contribution in [0.1, 0.15) is 33.1 Å². The predicted octanol–water partition coefficient (Wildman–Crippen LogP) is 1.19. The minimum atomic E-state index is -0.318. The first-order valence-corrected chi connectivity index (χ1v) is 7.21. The van der Waals surface area contributed by atoms with Crippen molar-refractivity contribution in [1.82, 2.24) is 4.90 Å². The quantitative estimate of drug-likeness (QED) is 0.471. The van der Waals surface area contributed by atoms with E-state index in [2.05, 4.69) is 4.74 Å². The highest BCUT2D eigenvalue weighted by molar-refractivity contribution is 5.86. The Balaban J connectivity index is 2.31. The lowest BCUT2D eigenvalue weighted by Crippen LogP contribution is -2.29. The summed E-state index contributed by atoms with van der Waals surface area (Å²) >= 11 is 0. The van der Waals surface area contributed by atoms with E-state index < -0.39 is 0 Å². The number of hydrogen-bond acceptors (Lipinski definition) is 5. The van der Waals surface area contributed by atoms with E-state index in [4.69, 9.17) is 9.47 Å². The van der Waals surface area contributed by atoms with Gasteiger partial charge in [0.05, 0.1) is 13.0 Å². The Kier molecular flexibility index (Phi) is 7.54. The number of carbonyl (C=O) groups excluding carboxylic acids is 2. The summed E-state index contributed by atoms with van der Waals surface area (Å²) in [6.45, 7) is 6.16. The lowest BCUT2D eigenvalue weighted by atomic mass is 10.1. The second-order valence-corrected chi connectivity index (χ2v) is 4.75. The van der Waals surface area contributed by atoms with Gasteiger partial charge in [-0.1, -0.05) is 0 Å². The molecule has 0 aromatic rings. The zero-order chi connectivity index (χ0) is 15.0. The number of hydrogen-bond donors (Lipinski definition) is 0. The second kappa shape index (κ2) is 8.92. The fourth-order valence-corrected chi connectivity index (χ4v) is 2.35. The third kappa shape index (κ3) is 5.09. The van der Waals surface area contributed by atoms with E-state index >= 15 is 0 Å². The third-order valence-electron chi connectivity index (χ3n) is 3.32. The monoisotopic (exact) mass is 287 g/mol. The van der Waals surface area contributed by atoms with E-state index in [0.29, 0.717) is 26.3 Å². The molecule has 6 heteroatoms. The Morgan fingerprint density at radius 3 is 2.55 bits per heavy atom. The minimum Gasteiger partial charge on any atom is -0.469 e. The van der Waals surface area contributed by atoms with Crippen molar-refractivity contribution >= 4 is 11.9 Å². The number of likely N-dealkylation sites (tertiary alicyclic amines) is 1. The molecule has 1 atom stereocenters. The van der Waals surface area contributed by atoms with Crippen LogP contribution in [0.5, 0.6) is 0 Å². The smallest absolute Gasteiger partial charge is 0.310 e. The van der Waals surface area contributed by atoms with Gasteiger partial charge in [-0.15, -0.1) is 0 Å². The van der Waals surface area contributed by atoms with Crippen molar-refractivity contribution < 1.29 is 23.8 Å². The molecule has 1 aliphatic heterocycles. The number of methoxy groups -OCH3 is 1. The zero-order valence-electron chi connectivity index (χ0n) is 12.6. The van der Waals surface area contributed by atoms with E-state index in [1.807, 2.05) is 13.8 Å². The first-order chi connectivity index (χ1) is 9.62. The summed E-state index contributed by atoms with van der Waals surface area (Å²) in [6, 6.07) is 0. The van der Waals surface area contributed by atoms with Crippen molar-refractivity contribution in [2.24, 2.45) is 5.92 Å². The summed E-state index contributed by atoms with van der Waals surface area (Å²) in [5.41, 5.74) is 0. The van der Waals surface area contributed by atoms with Crippen molar-refractivity contribution in [3.05, 3.63) is 0 Å². The Morgan fingerprint density at radius 2 is 2.00 bits per heavy atom. The molecule has 0 bridgehead atoms. The molecule has 1 rings (SSSR count). The number of esters is 1. The van der Waals surface area contributed by atoms with E-state index in [9.17, 15) is 9.59 Å². The van der Waals surface area contributed by atoms with E-state index in [-0.39, 0.29) is 30.5 Å². The number of amides is 1. The van der Waals surface area contributed by atoms with Crippen LogP contribution in [0.3, 0.4) is 0 Å². The highest BCUT2D eigenvalue weighted by atomic mass is 16.7. The molecular formula is C14H25NO5. The third-order valence-corrected chi connectivity index (χ3v) is 3.32. The van der Waals surface area contributed by atoms with Crippen LogP contribution in [0.2, 0.25) is 0 Å². The molecule has 1 fully saturated rings. The summed E-state index contributed by atoms with van der Waals surface area (Å²) in [5, 5.41) is 0. The maximum Gasteiger partial charge on any atom is 0.310 e. The van der Waals surface area contributed by atoms with Crippen LogP contribution in [-0.2, 0) is 23.8 Å². The van der Waals surface area contributed by atoms with Crippen LogP contribution < -0.4 is 0 Å². The Hall–Kier alpha value is -1.14. The van der Waals surface area contributed by atoms with Gasteiger partial charge < -0.3 is 19.1 Å². The van der Waals surface area contributed by atoms with E-state index in [0.717, 1.165) is 12.8 Å². The van der Waals surface area contributed by atoms with Crippen LogP contribution in [0.25, 0.3) is 0 Å². The number of rotatable bonds is 9. The van der Waals surface area contributed by atoms with Crippen LogP contribution in [-0.4, -0.2) is 56.5 Å². The molecule has 6 nitrogen and oxygen atoms in total. The predicted molar refractivity (Wildman–Crippen MR) is 73.0 cm³/mol.